The van der Waals surface area contributed by atoms with Gasteiger partial charge in [0.1, 0.15) is 5.75 Å². The molecule has 1 N–H and O–H groups in total. The van der Waals surface area contributed by atoms with Crippen LogP contribution in [0.25, 0.3) is 0 Å². The quantitative estimate of drug-likeness (QED) is 0.841. The maximum Gasteiger partial charge on any atom is 0.141 e. The molecular formula is C16H21N3O. The summed E-state index contributed by atoms with van der Waals surface area (Å²) >= 11 is 0. The molecule has 1 atom stereocenters. The zero-order valence-electron chi connectivity index (χ0n) is 12.0. The normalized spacial score (nSPS) is 12.1. The topological polar surface area (TPSA) is 47.0 Å². The Morgan fingerprint density at radius 2 is 2.15 bits per heavy atom. The predicted octanol–water partition coefficient (Wildman–Crippen LogP) is 2.77. The van der Waals surface area contributed by atoms with Crippen molar-refractivity contribution >= 4 is 0 Å². The molecule has 4 nitrogen and oxygen atoms in total. The van der Waals surface area contributed by atoms with E-state index >= 15 is 0 Å². The zero-order valence-corrected chi connectivity index (χ0v) is 12.0. The standard InChI is InChI=1S/C16H21N3O/c1-3-8-19-15(11-13-6-4-5-9-18-13)14-7-10-17-12-16(14)20-2/h4-7,9-10,12,15,19H,3,8,11H2,1-2H3. The molecule has 0 amide bonds. The van der Waals surface area contributed by atoms with E-state index in [1.54, 1.807) is 19.5 Å². The number of nitrogens with zero attached hydrogens (tertiary/aromatic N) is 2. The maximum atomic E-state index is 5.42. The van der Waals surface area contributed by atoms with E-state index in [0.717, 1.165) is 36.4 Å². The summed E-state index contributed by atoms with van der Waals surface area (Å²) in [5.74, 6) is 0.817. The molecule has 2 aromatic rings. The van der Waals surface area contributed by atoms with Crippen LogP contribution in [0.4, 0.5) is 0 Å². The highest BCUT2D eigenvalue weighted by molar-refractivity contribution is 5.33. The van der Waals surface area contributed by atoms with Gasteiger partial charge in [0.25, 0.3) is 0 Å². The van der Waals surface area contributed by atoms with Crippen LogP contribution in [0, 0.1) is 0 Å². The Morgan fingerprint density at radius 1 is 1.25 bits per heavy atom. The Morgan fingerprint density at radius 3 is 2.85 bits per heavy atom. The van der Waals surface area contributed by atoms with Crippen LogP contribution in [-0.2, 0) is 6.42 Å². The number of hydrogen-bond acceptors (Lipinski definition) is 4. The van der Waals surface area contributed by atoms with Crippen LogP contribution in [-0.4, -0.2) is 23.6 Å². The predicted molar refractivity (Wildman–Crippen MR) is 79.8 cm³/mol. The molecule has 0 aromatic carbocycles. The fraction of sp³-hybridized carbons (Fsp3) is 0.375. The molecule has 0 aliphatic carbocycles. The highest BCUT2D eigenvalue weighted by Crippen LogP contribution is 2.26. The van der Waals surface area contributed by atoms with Gasteiger partial charge in [0, 0.05) is 36.1 Å². The first-order valence-corrected chi connectivity index (χ1v) is 6.96. The summed E-state index contributed by atoms with van der Waals surface area (Å²) < 4.78 is 5.42. The van der Waals surface area contributed by atoms with Crippen LogP contribution in [0.15, 0.2) is 42.9 Å². The van der Waals surface area contributed by atoms with E-state index in [1.807, 2.05) is 30.5 Å². The second-order valence-corrected chi connectivity index (χ2v) is 4.65. The van der Waals surface area contributed by atoms with Gasteiger partial charge in [0.15, 0.2) is 0 Å². The van der Waals surface area contributed by atoms with Gasteiger partial charge >= 0.3 is 0 Å². The van der Waals surface area contributed by atoms with E-state index < -0.39 is 0 Å². The van der Waals surface area contributed by atoms with Crippen LogP contribution in [0.1, 0.15) is 30.6 Å². The van der Waals surface area contributed by atoms with E-state index in [2.05, 4.69) is 22.2 Å². The number of methoxy groups -OCH3 is 1. The molecule has 2 heterocycles. The average Bonchev–Trinajstić information content (AvgIpc) is 2.52. The van der Waals surface area contributed by atoms with Crippen LogP contribution >= 0.6 is 0 Å². The zero-order chi connectivity index (χ0) is 14.2. The number of rotatable bonds is 7. The van der Waals surface area contributed by atoms with E-state index in [-0.39, 0.29) is 6.04 Å². The Hall–Kier alpha value is -1.94. The molecule has 0 saturated carbocycles. The summed E-state index contributed by atoms with van der Waals surface area (Å²) in [5, 5.41) is 3.56. The number of aromatic nitrogens is 2. The third kappa shape index (κ3) is 3.78. The van der Waals surface area contributed by atoms with Gasteiger partial charge in [-0.25, -0.2) is 0 Å². The molecule has 0 radical (unpaired) electrons. The fourth-order valence-corrected chi connectivity index (χ4v) is 2.19. The third-order valence-corrected chi connectivity index (χ3v) is 3.19. The van der Waals surface area contributed by atoms with Gasteiger partial charge in [-0.05, 0) is 31.2 Å². The van der Waals surface area contributed by atoms with E-state index in [1.165, 1.54) is 0 Å². The lowest BCUT2D eigenvalue weighted by atomic mass is 10.0. The van der Waals surface area contributed by atoms with E-state index in [4.69, 9.17) is 4.74 Å². The lowest BCUT2D eigenvalue weighted by Crippen LogP contribution is -2.25. The van der Waals surface area contributed by atoms with Crippen LogP contribution in [0.5, 0.6) is 5.75 Å². The molecule has 0 spiro atoms. The summed E-state index contributed by atoms with van der Waals surface area (Å²) in [6.45, 7) is 3.12. The van der Waals surface area contributed by atoms with Crippen molar-refractivity contribution in [3.05, 3.63) is 54.1 Å². The van der Waals surface area contributed by atoms with Gasteiger partial charge in [-0.2, -0.15) is 0 Å². The molecule has 20 heavy (non-hydrogen) atoms. The molecule has 1 unspecified atom stereocenters. The average molecular weight is 271 g/mol. The molecule has 0 fully saturated rings. The third-order valence-electron chi connectivity index (χ3n) is 3.19. The van der Waals surface area contributed by atoms with Gasteiger partial charge in [0.05, 0.1) is 13.3 Å². The van der Waals surface area contributed by atoms with Crippen molar-refractivity contribution in [1.82, 2.24) is 15.3 Å². The van der Waals surface area contributed by atoms with Crippen molar-refractivity contribution in [3.63, 3.8) is 0 Å². The number of pyridine rings is 2. The summed E-state index contributed by atoms with van der Waals surface area (Å²) in [4.78, 5) is 8.53. The van der Waals surface area contributed by atoms with Crippen molar-refractivity contribution in [2.75, 3.05) is 13.7 Å². The Kier molecular flexibility index (Phi) is 5.50. The minimum Gasteiger partial charge on any atom is -0.495 e. The highest BCUT2D eigenvalue weighted by atomic mass is 16.5. The Bertz CT molecular complexity index is 516. The minimum atomic E-state index is 0.183. The van der Waals surface area contributed by atoms with Crippen LogP contribution in [0.3, 0.4) is 0 Å². The van der Waals surface area contributed by atoms with Crippen molar-refractivity contribution in [2.45, 2.75) is 25.8 Å². The van der Waals surface area contributed by atoms with Crippen molar-refractivity contribution in [3.8, 4) is 5.75 Å². The highest BCUT2D eigenvalue weighted by Gasteiger charge is 2.16. The lowest BCUT2D eigenvalue weighted by Gasteiger charge is -2.20. The van der Waals surface area contributed by atoms with E-state index in [0.29, 0.717) is 0 Å². The summed E-state index contributed by atoms with van der Waals surface area (Å²) in [5.41, 5.74) is 2.20. The summed E-state index contributed by atoms with van der Waals surface area (Å²) in [6, 6.07) is 8.19. The summed E-state index contributed by atoms with van der Waals surface area (Å²) in [6.07, 6.45) is 7.31. The molecule has 2 aromatic heterocycles. The van der Waals surface area contributed by atoms with Crippen molar-refractivity contribution in [1.29, 1.82) is 0 Å². The van der Waals surface area contributed by atoms with Gasteiger partial charge in [-0.1, -0.05) is 13.0 Å². The molecular weight excluding hydrogens is 250 g/mol. The second kappa shape index (κ2) is 7.60. The lowest BCUT2D eigenvalue weighted by molar-refractivity contribution is 0.395. The van der Waals surface area contributed by atoms with Gasteiger partial charge in [-0.15, -0.1) is 0 Å². The molecule has 4 heteroatoms. The van der Waals surface area contributed by atoms with Crippen molar-refractivity contribution in [2.24, 2.45) is 0 Å². The summed E-state index contributed by atoms with van der Waals surface area (Å²) in [7, 11) is 1.68. The second-order valence-electron chi connectivity index (χ2n) is 4.65. The first kappa shape index (κ1) is 14.5. The van der Waals surface area contributed by atoms with Gasteiger partial charge in [-0.3, -0.25) is 9.97 Å². The number of hydrogen-bond donors (Lipinski definition) is 1. The Labute approximate surface area is 120 Å². The van der Waals surface area contributed by atoms with Crippen molar-refractivity contribution < 1.29 is 4.74 Å². The number of nitrogens with one attached hydrogen (secondary N) is 1. The first-order valence-electron chi connectivity index (χ1n) is 6.96. The van der Waals surface area contributed by atoms with E-state index in [9.17, 15) is 0 Å². The SMILES string of the molecule is CCCNC(Cc1ccccn1)c1ccncc1OC. The van der Waals surface area contributed by atoms with Crippen LogP contribution < -0.4 is 10.1 Å². The monoisotopic (exact) mass is 271 g/mol. The molecule has 0 aliphatic heterocycles. The first-order chi connectivity index (χ1) is 9.85. The maximum absolute atomic E-state index is 5.42. The molecule has 0 aliphatic rings. The van der Waals surface area contributed by atoms with Crippen LogP contribution in [0.2, 0.25) is 0 Å². The van der Waals surface area contributed by atoms with Gasteiger partial charge in [0.2, 0.25) is 0 Å². The fourth-order valence-electron chi connectivity index (χ4n) is 2.19. The minimum absolute atomic E-state index is 0.183. The number of ether oxygens (including phenoxy) is 1. The molecule has 0 bridgehead atoms. The molecule has 0 saturated heterocycles. The smallest absolute Gasteiger partial charge is 0.141 e. The largest absolute Gasteiger partial charge is 0.495 e. The molecule has 2 rings (SSSR count). The van der Waals surface area contributed by atoms with Gasteiger partial charge < -0.3 is 10.1 Å². The Balaban J connectivity index is 2.22. The molecule has 106 valence electrons.